The van der Waals surface area contributed by atoms with Gasteiger partial charge in [0.15, 0.2) is 11.6 Å². The molecule has 13 heteroatoms. The summed E-state index contributed by atoms with van der Waals surface area (Å²) in [5.41, 5.74) is 4.72. The minimum Gasteiger partial charge on any atom is -0.478 e. The highest BCUT2D eigenvalue weighted by Gasteiger charge is 2.42. The van der Waals surface area contributed by atoms with E-state index in [-0.39, 0.29) is 24.2 Å². The number of aliphatic carboxylic acids is 1. The maximum Gasteiger partial charge on any atom is 0.449 e. The van der Waals surface area contributed by atoms with Gasteiger partial charge in [0.05, 0.1) is 12.1 Å². The average molecular weight is 466 g/mol. The number of amidine groups is 1. The Morgan fingerprint density at radius 1 is 1.16 bits per heavy atom. The molecule has 7 nitrogen and oxygen atoms in total. The normalized spacial score (nSPS) is 17.2. The van der Waals surface area contributed by atoms with Gasteiger partial charge >= 0.3 is 12.1 Å². The number of carboxylic acid groups (broad SMARTS) is 1. The molecular weight excluding hydrogens is 446 g/mol. The molecular formula is C19H20F6N4O3. The summed E-state index contributed by atoms with van der Waals surface area (Å²) in [4.78, 5) is 25.4. The Balaban J connectivity index is 2.14. The first-order valence-electron chi connectivity index (χ1n) is 9.25. The SMILES string of the molecule is C/C(C(=O)O)=C1/CN(C(=O)C[C@H](N)Cc2cc(F)c(F)cc2F)CCN1C(=N)C(F)(F)F. The highest BCUT2D eigenvalue weighted by molar-refractivity contribution is 5.91. The van der Waals surface area contributed by atoms with Gasteiger partial charge in [-0.1, -0.05) is 0 Å². The molecule has 4 N–H and O–H groups in total. The third-order valence-electron chi connectivity index (χ3n) is 4.91. The Hall–Kier alpha value is -3.09. The van der Waals surface area contributed by atoms with E-state index in [2.05, 4.69) is 0 Å². The summed E-state index contributed by atoms with van der Waals surface area (Å²) in [6, 6.07) is -0.0609. The van der Waals surface area contributed by atoms with Gasteiger partial charge in [-0.25, -0.2) is 18.0 Å². The third kappa shape index (κ3) is 5.78. The van der Waals surface area contributed by atoms with Crippen LogP contribution in [0.3, 0.4) is 0 Å². The lowest BCUT2D eigenvalue weighted by molar-refractivity contribution is -0.134. The molecule has 1 amide bonds. The number of amides is 1. The molecule has 1 aliphatic rings. The number of piperazine rings is 1. The Kier molecular flexibility index (Phi) is 7.54. The van der Waals surface area contributed by atoms with Gasteiger partial charge in [0.25, 0.3) is 0 Å². The predicted molar refractivity (Wildman–Crippen MR) is 100 cm³/mol. The van der Waals surface area contributed by atoms with Crippen LogP contribution in [0, 0.1) is 22.9 Å². The van der Waals surface area contributed by atoms with Crippen LogP contribution < -0.4 is 5.73 Å². The van der Waals surface area contributed by atoms with Crippen LogP contribution in [-0.2, 0) is 16.0 Å². The van der Waals surface area contributed by atoms with Gasteiger partial charge in [0, 0.05) is 37.3 Å². The molecule has 1 aromatic carbocycles. The van der Waals surface area contributed by atoms with Crippen LogP contribution in [0.15, 0.2) is 23.4 Å². The number of hydrogen-bond acceptors (Lipinski definition) is 4. The van der Waals surface area contributed by atoms with Crippen molar-refractivity contribution in [1.82, 2.24) is 9.80 Å². The summed E-state index contributed by atoms with van der Waals surface area (Å²) in [6.07, 6.45) is -5.74. The topological polar surface area (TPSA) is 111 Å². The molecule has 0 spiro atoms. The molecule has 2 rings (SSSR count). The molecule has 0 aromatic heterocycles. The second-order valence-electron chi connectivity index (χ2n) is 7.22. The molecule has 0 unspecified atom stereocenters. The highest BCUT2D eigenvalue weighted by atomic mass is 19.4. The predicted octanol–water partition coefficient (Wildman–Crippen LogP) is 2.41. The third-order valence-corrected chi connectivity index (χ3v) is 4.91. The number of nitrogens with zero attached hydrogens (tertiary/aromatic N) is 2. The molecule has 1 fully saturated rings. The summed E-state index contributed by atoms with van der Waals surface area (Å²) >= 11 is 0. The number of nitrogens with two attached hydrogens (primary N) is 1. The largest absolute Gasteiger partial charge is 0.478 e. The lowest BCUT2D eigenvalue weighted by Crippen LogP contribution is -2.53. The molecule has 1 saturated heterocycles. The van der Waals surface area contributed by atoms with Gasteiger partial charge in [-0.3, -0.25) is 10.2 Å². The van der Waals surface area contributed by atoms with Crippen molar-refractivity contribution in [3.63, 3.8) is 0 Å². The molecule has 0 bridgehead atoms. The van der Waals surface area contributed by atoms with E-state index in [9.17, 15) is 41.0 Å². The first kappa shape index (κ1) is 25.2. The number of halogens is 6. The fourth-order valence-corrected chi connectivity index (χ4v) is 3.19. The maximum absolute atomic E-state index is 13.8. The lowest BCUT2D eigenvalue weighted by atomic mass is 10.0. The van der Waals surface area contributed by atoms with Crippen molar-refractivity contribution >= 4 is 17.7 Å². The van der Waals surface area contributed by atoms with Crippen molar-refractivity contribution in [2.45, 2.75) is 32.0 Å². The highest BCUT2D eigenvalue weighted by Crippen LogP contribution is 2.26. The minimum absolute atomic E-state index is 0.250. The summed E-state index contributed by atoms with van der Waals surface area (Å²) in [6.45, 7) is -0.182. The molecule has 1 aliphatic heterocycles. The minimum atomic E-state index is -5.02. The fourth-order valence-electron chi connectivity index (χ4n) is 3.19. The Bertz CT molecular complexity index is 963. The van der Waals surface area contributed by atoms with Crippen molar-refractivity contribution in [2.24, 2.45) is 5.73 Å². The van der Waals surface area contributed by atoms with Gasteiger partial charge in [-0.15, -0.1) is 0 Å². The van der Waals surface area contributed by atoms with E-state index in [4.69, 9.17) is 11.1 Å². The monoisotopic (exact) mass is 466 g/mol. The molecule has 0 aliphatic carbocycles. The Labute approximate surface area is 178 Å². The van der Waals surface area contributed by atoms with E-state index in [1.165, 1.54) is 0 Å². The van der Waals surface area contributed by atoms with Crippen LogP contribution in [0.1, 0.15) is 18.9 Å². The maximum atomic E-state index is 13.8. The van der Waals surface area contributed by atoms with Gasteiger partial charge < -0.3 is 20.6 Å². The zero-order valence-corrected chi connectivity index (χ0v) is 16.8. The van der Waals surface area contributed by atoms with E-state index in [1.807, 2.05) is 0 Å². The van der Waals surface area contributed by atoms with Crippen LogP contribution in [-0.4, -0.2) is 64.5 Å². The zero-order valence-electron chi connectivity index (χ0n) is 16.8. The van der Waals surface area contributed by atoms with Gasteiger partial charge in [-0.05, 0) is 25.0 Å². The number of benzene rings is 1. The van der Waals surface area contributed by atoms with Crippen LogP contribution in [0.25, 0.3) is 0 Å². The second-order valence-corrected chi connectivity index (χ2v) is 7.22. The van der Waals surface area contributed by atoms with Crippen molar-refractivity contribution in [3.05, 3.63) is 46.4 Å². The molecule has 1 heterocycles. The van der Waals surface area contributed by atoms with Crippen molar-refractivity contribution < 1.29 is 41.0 Å². The Morgan fingerprint density at radius 2 is 1.75 bits per heavy atom. The first-order valence-corrected chi connectivity index (χ1v) is 9.25. The molecule has 1 atom stereocenters. The van der Waals surface area contributed by atoms with E-state index in [0.717, 1.165) is 11.8 Å². The number of rotatable bonds is 5. The number of carbonyl (C=O) groups excluding carboxylic acids is 1. The summed E-state index contributed by atoms with van der Waals surface area (Å²) < 4.78 is 79.1. The van der Waals surface area contributed by atoms with Crippen LogP contribution in [0.5, 0.6) is 0 Å². The zero-order chi connectivity index (χ0) is 24.4. The van der Waals surface area contributed by atoms with E-state index < -0.39 is 72.5 Å². The number of hydrogen-bond donors (Lipinski definition) is 3. The smallest absolute Gasteiger partial charge is 0.449 e. The summed E-state index contributed by atoms with van der Waals surface area (Å²) in [7, 11) is 0. The van der Waals surface area contributed by atoms with Gasteiger partial charge in [0.1, 0.15) is 5.82 Å². The summed E-state index contributed by atoms with van der Waals surface area (Å²) in [5, 5.41) is 16.5. The van der Waals surface area contributed by atoms with E-state index >= 15 is 0 Å². The Morgan fingerprint density at radius 3 is 2.31 bits per heavy atom. The van der Waals surface area contributed by atoms with Crippen molar-refractivity contribution in [2.75, 3.05) is 19.6 Å². The molecule has 176 valence electrons. The molecule has 0 saturated carbocycles. The second kappa shape index (κ2) is 9.59. The molecule has 32 heavy (non-hydrogen) atoms. The van der Waals surface area contributed by atoms with Crippen LogP contribution in [0.2, 0.25) is 0 Å². The quantitative estimate of drug-likeness (QED) is 0.203. The number of carboxylic acids is 1. The molecule has 1 aromatic rings. The van der Waals surface area contributed by atoms with Gasteiger partial charge in [0.2, 0.25) is 11.7 Å². The van der Waals surface area contributed by atoms with Crippen molar-refractivity contribution in [3.8, 4) is 0 Å². The summed E-state index contributed by atoms with van der Waals surface area (Å²) in [5.74, 6) is -7.65. The molecule has 0 radical (unpaired) electrons. The number of alkyl halides is 3. The average Bonchev–Trinajstić information content (AvgIpc) is 2.69. The van der Waals surface area contributed by atoms with Gasteiger partial charge in [-0.2, -0.15) is 13.2 Å². The van der Waals surface area contributed by atoms with E-state index in [1.54, 1.807) is 0 Å². The van der Waals surface area contributed by atoms with Crippen molar-refractivity contribution in [1.29, 1.82) is 5.41 Å². The standard InChI is InChI=1S/C19H20F6N4O3/c1-9(17(31)32)15-8-28(2-3-29(15)18(27)19(23,24)25)16(30)6-11(26)4-10-5-13(21)14(22)7-12(10)20/h5,7,11,27H,2-4,6,8,26H2,1H3,(H,31,32)/b15-9+,27-18?/t11-/m1/s1. The van der Waals surface area contributed by atoms with Crippen LogP contribution >= 0.6 is 0 Å². The first-order chi connectivity index (χ1) is 14.7. The number of carbonyl (C=O) groups is 2. The number of nitrogens with one attached hydrogen (secondary N) is 1. The van der Waals surface area contributed by atoms with Crippen LogP contribution in [0.4, 0.5) is 26.3 Å². The fraction of sp³-hybridized carbons (Fsp3) is 0.421. The van der Waals surface area contributed by atoms with E-state index in [0.29, 0.717) is 17.0 Å². The lowest BCUT2D eigenvalue weighted by Gasteiger charge is -2.39.